The summed E-state index contributed by atoms with van der Waals surface area (Å²) in [6, 6.07) is 0. The van der Waals surface area contributed by atoms with Gasteiger partial charge in [-0.2, -0.15) is 0 Å². The van der Waals surface area contributed by atoms with Crippen LogP contribution in [0.2, 0.25) is 0 Å². The molecule has 20 heavy (non-hydrogen) atoms. The highest BCUT2D eigenvalue weighted by molar-refractivity contribution is 4.81. The Labute approximate surface area is 129 Å². The largest absolute Gasteiger partial charge is 0.0885 e. The molecular formula is C20H40. The Morgan fingerprint density at radius 3 is 1.20 bits per heavy atom. The Morgan fingerprint density at radius 2 is 0.750 bits per heavy atom. The second-order valence-corrected chi connectivity index (χ2v) is 6.29. The Kier molecular flexibility index (Phi) is 18.5. The summed E-state index contributed by atoms with van der Waals surface area (Å²) in [4.78, 5) is 0. The fraction of sp³-hybridized carbons (Fsp3) is 0.900. The third-order valence-corrected chi connectivity index (χ3v) is 4.12. The van der Waals surface area contributed by atoms with E-state index >= 15 is 0 Å². The zero-order valence-electron chi connectivity index (χ0n) is 14.5. The lowest BCUT2D eigenvalue weighted by molar-refractivity contribution is 0.545. The Hall–Kier alpha value is -0.260. The van der Waals surface area contributed by atoms with Crippen molar-refractivity contribution in [2.24, 2.45) is 0 Å². The first-order valence-corrected chi connectivity index (χ1v) is 9.56. The molecule has 0 aromatic carbocycles. The van der Waals surface area contributed by atoms with Crippen LogP contribution in [0.5, 0.6) is 0 Å². The van der Waals surface area contributed by atoms with Gasteiger partial charge < -0.3 is 0 Å². The lowest BCUT2D eigenvalue weighted by Gasteiger charge is -2.02. The van der Waals surface area contributed by atoms with E-state index in [0.29, 0.717) is 0 Å². The zero-order chi connectivity index (χ0) is 14.7. The maximum absolute atomic E-state index is 2.39. The molecule has 0 aliphatic rings. The van der Waals surface area contributed by atoms with Crippen LogP contribution in [0, 0.1) is 0 Å². The molecule has 0 fully saturated rings. The van der Waals surface area contributed by atoms with Gasteiger partial charge in [0.15, 0.2) is 0 Å². The summed E-state index contributed by atoms with van der Waals surface area (Å²) in [5.41, 5.74) is 0. The molecule has 0 spiro atoms. The summed E-state index contributed by atoms with van der Waals surface area (Å²) in [6.45, 7) is 4.56. The van der Waals surface area contributed by atoms with Crippen molar-refractivity contribution in [1.82, 2.24) is 0 Å². The van der Waals surface area contributed by atoms with E-state index < -0.39 is 0 Å². The van der Waals surface area contributed by atoms with Crippen LogP contribution in [0.1, 0.15) is 117 Å². The minimum atomic E-state index is 1.29. The van der Waals surface area contributed by atoms with Crippen molar-refractivity contribution in [2.75, 3.05) is 0 Å². The quantitative estimate of drug-likeness (QED) is 0.200. The smallest absolute Gasteiger partial charge is 0.0351 e. The van der Waals surface area contributed by atoms with Gasteiger partial charge in [0.05, 0.1) is 0 Å². The van der Waals surface area contributed by atoms with Crippen molar-refractivity contribution < 1.29 is 0 Å². The summed E-state index contributed by atoms with van der Waals surface area (Å²) in [6.07, 6.45) is 27.4. The highest BCUT2D eigenvalue weighted by atomic mass is 14.0. The van der Waals surface area contributed by atoms with E-state index in [9.17, 15) is 0 Å². The van der Waals surface area contributed by atoms with E-state index in [1.165, 1.54) is 103 Å². The van der Waals surface area contributed by atoms with E-state index in [-0.39, 0.29) is 0 Å². The van der Waals surface area contributed by atoms with Crippen LogP contribution < -0.4 is 0 Å². The third kappa shape index (κ3) is 17.7. The van der Waals surface area contributed by atoms with Crippen LogP contribution in [0.3, 0.4) is 0 Å². The Balaban J connectivity index is 2.97. The average molecular weight is 281 g/mol. The van der Waals surface area contributed by atoms with Gasteiger partial charge in [-0.3, -0.25) is 0 Å². The molecule has 0 aliphatic heterocycles. The van der Waals surface area contributed by atoms with Crippen LogP contribution in [0.25, 0.3) is 0 Å². The van der Waals surface area contributed by atoms with Crippen molar-refractivity contribution in [3.05, 3.63) is 12.2 Å². The van der Waals surface area contributed by atoms with Gasteiger partial charge in [0.1, 0.15) is 0 Å². The lowest BCUT2D eigenvalue weighted by atomic mass is 10.0. The number of hydrogen-bond acceptors (Lipinski definition) is 0. The highest BCUT2D eigenvalue weighted by Gasteiger charge is 1.92. The molecular weight excluding hydrogens is 240 g/mol. The molecule has 0 rings (SSSR count). The summed E-state index contributed by atoms with van der Waals surface area (Å²) in [5.74, 6) is 0. The topological polar surface area (TPSA) is 0 Å². The monoisotopic (exact) mass is 280 g/mol. The Morgan fingerprint density at radius 1 is 0.400 bits per heavy atom. The summed E-state index contributed by atoms with van der Waals surface area (Å²) in [7, 11) is 0. The Bertz CT molecular complexity index is 180. The van der Waals surface area contributed by atoms with E-state index in [1.807, 2.05) is 0 Å². The molecule has 0 amide bonds. The predicted molar refractivity (Wildman–Crippen MR) is 94.4 cm³/mol. The van der Waals surface area contributed by atoms with Crippen LogP contribution in [-0.2, 0) is 0 Å². The molecule has 0 aliphatic carbocycles. The SMILES string of the molecule is CCCC/C=C/CCCCCCCCCCCCCC. The van der Waals surface area contributed by atoms with Gasteiger partial charge >= 0.3 is 0 Å². The van der Waals surface area contributed by atoms with Crippen LogP contribution >= 0.6 is 0 Å². The van der Waals surface area contributed by atoms with Crippen LogP contribution in [0.4, 0.5) is 0 Å². The normalized spacial score (nSPS) is 11.5. The van der Waals surface area contributed by atoms with Crippen molar-refractivity contribution in [3.8, 4) is 0 Å². The molecule has 0 bridgehead atoms. The van der Waals surface area contributed by atoms with Crippen molar-refractivity contribution in [3.63, 3.8) is 0 Å². The minimum Gasteiger partial charge on any atom is -0.0885 e. The van der Waals surface area contributed by atoms with Crippen molar-refractivity contribution in [2.45, 2.75) is 117 Å². The first-order chi connectivity index (χ1) is 9.91. The maximum Gasteiger partial charge on any atom is -0.0351 e. The van der Waals surface area contributed by atoms with Gasteiger partial charge in [0, 0.05) is 0 Å². The summed E-state index contributed by atoms with van der Waals surface area (Å²) in [5, 5.41) is 0. The third-order valence-electron chi connectivity index (χ3n) is 4.12. The molecule has 0 atom stereocenters. The molecule has 0 aromatic heterocycles. The van der Waals surface area contributed by atoms with Crippen molar-refractivity contribution in [1.29, 1.82) is 0 Å². The lowest BCUT2D eigenvalue weighted by Crippen LogP contribution is -1.82. The summed E-state index contributed by atoms with van der Waals surface area (Å²) >= 11 is 0. The summed E-state index contributed by atoms with van der Waals surface area (Å²) < 4.78 is 0. The van der Waals surface area contributed by atoms with Gasteiger partial charge in [-0.15, -0.1) is 0 Å². The van der Waals surface area contributed by atoms with Crippen molar-refractivity contribution >= 4 is 0 Å². The first kappa shape index (κ1) is 19.7. The fourth-order valence-corrected chi connectivity index (χ4v) is 2.66. The fourth-order valence-electron chi connectivity index (χ4n) is 2.66. The highest BCUT2D eigenvalue weighted by Crippen LogP contribution is 2.12. The van der Waals surface area contributed by atoms with Crippen LogP contribution in [0.15, 0.2) is 12.2 Å². The standard InChI is InChI=1S/C20H40/c1-3-5-7-9-11-13-15-17-19-20-18-16-14-12-10-8-6-4-2/h9,11H,3-8,10,12-20H2,1-2H3/b11-9+. The predicted octanol–water partition coefficient (Wildman–Crippen LogP) is 7.82. The van der Waals surface area contributed by atoms with Crippen LogP contribution in [-0.4, -0.2) is 0 Å². The maximum atomic E-state index is 2.39. The molecule has 0 saturated heterocycles. The van der Waals surface area contributed by atoms with Gasteiger partial charge in [-0.25, -0.2) is 0 Å². The first-order valence-electron chi connectivity index (χ1n) is 9.56. The number of unbranched alkanes of at least 4 members (excludes halogenated alkanes) is 14. The second-order valence-electron chi connectivity index (χ2n) is 6.29. The molecule has 0 nitrogen and oxygen atoms in total. The van der Waals surface area contributed by atoms with E-state index in [0.717, 1.165) is 0 Å². The average Bonchev–Trinajstić information content (AvgIpc) is 2.47. The molecule has 0 N–H and O–H groups in total. The molecule has 0 heterocycles. The van der Waals surface area contributed by atoms with Gasteiger partial charge in [0.2, 0.25) is 0 Å². The molecule has 0 heteroatoms. The zero-order valence-corrected chi connectivity index (χ0v) is 14.5. The number of hydrogen-bond donors (Lipinski definition) is 0. The number of rotatable bonds is 16. The van der Waals surface area contributed by atoms with E-state index in [4.69, 9.17) is 0 Å². The van der Waals surface area contributed by atoms with E-state index in [2.05, 4.69) is 26.0 Å². The number of allylic oxidation sites excluding steroid dienone is 2. The minimum absolute atomic E-state index is 1.29. The molecule has 120 valence electrons. The van der Waals surface area contributed by atoms with E-state index in [1.54, 1.807) is 0 Å². The van der Waals surface area contributed by atoms with Gasteiger partial charge in [-0.1, -0.05) is 109 Å². The molecule has 0 unspecified atom stereocenters. The molecule has 0 saturated carbocycles. The molecule has 0 radical (unpaired) electrons. The molecule has 0 aromatic rings. The van der Waals surface area contributed by atoms with Gasteiger partial charge in [-0.05, 0) is 19.3 Å². The second kappa shape index (κ2) is 18.7. The van der Waals surface area contributed by atoms with Gasteiger partial charge in [0.25, 0.3) is 0 Å².